The van der Waals surface area contributed by atoms with Crippen LogP contribution < -0.4 is 33.4 Å². The summed E-state index contributed by atoms with van der Waals surface area (Å²) in [6.07, 6.45) is 4.41. The fourth-order valence-corrected chi connectivity index (χ4v) is 4.00. The van der Waals surface area contributed by atoms with Crippen LogP contribution in [0.5, 0.6) is 0 Å². The number of hydrogen-bond donors (Lipinski definition) is 0. The molecule has 1 aliphatic rings. The van der Waals surface area contributed by atoms with Crippen molar-refractivity contribution in [3.8, 4) is 0 Å². The Labute approximate surface area is 157 Å². The number of aryl methyl sites for hydroxylation is 1. The third-order valence-corrected chi connectivity index (χ3v) is 5.29. The molecule has 0 bridgehead atoms. The maximum Gasteiger partial charge on any atom is 0.212 e. The van der Waals surface area contributed by atoms with Crippen LogP contribution in [-0.2, 0) is 7.05 Å². The number of fused-ring (bicyclic) bond motifs is 2. The number of anilines is 1. The first-order chi connectivity index (χ1) is 10.7. The molecule has 23 heavy (non-hydrogen) atoms. The molecule has 1 aromatic heterocycles. The highest BCUT2D eigenvalue weighted by molar-refractivity contribution is 8.03. The number of hydrogen-bond acceptors (Lipinski definition) is 2. The van der Waals surface area contributed by atoms with Gasteiger partial charge in [0.1, 0.15) is 7.05 Å². The zero-order valence-electron chi connectivity index (χ0n) is 13.0. The molecule has 116 valence electrons. The Morgan fingerprint density at radius 1 is 1.00 bits per heavy atom. The highest BCUT2D eigenvalue weighted by atomic mass is 127. The molecule has 2 aromatic carbocycles. The van der Waals surface area contributed by atoms with Gasteiger partial charge < -0.3 is 28.9 Å². The van der Waals surface area contributed by atoms with Crippen molar-refractivity contribution in [2.75, 3.05) is 11.9 Å². The van der Waals surface area contributed by atoms with Crippen LogP contribution >= 0.6 is 11.8 Å². The number of halogens is 1. The predicted molar refractivity (Wildman–Crippen MR) is 93.8 cm³/mol. The lowest BCUT2D eigenvalue weighted by atomic mass is 10.1. The Kier molecular flexibility index (Phi) is 4.64. The van der Waals surface area contributed by atoms with Crippen molar-refractivity contribution >= 4 is 34.4 Å². The van der Waals surface area contributed by atoms with Crippen molar-refractivity contribution in [3.05, 3.63) is 71.4 Å². The molecule has 0 unspecified atom stereocenters. The Hall–Kier alpha value is -1.53. The van der Waals surface area contributed by atoms with Crippen molar-refractivity contribution in [1.29, 1.82) is 0 Å². The summed E-state index contributed by atoms with van der Waals surface area (Å²) >= 11 is 1.83. The summed E-state index contributed by atoms with van der Waals surface area (Å²) in [5, 5.41) is 2.55. The predicted octanol–water partition coefficient (Wildman–Crippen LogP) is 1.21. The minimum absolute atomic E-state index is 0. The van der Waals surface area contributed by atoms with E-state index in [4.69, 9.17) is 0 Å². The molecule has 0 saturated carbocycles. The van der Waals surface area contributed by atoms with Gasteiger partial charge in [-0.05, 0) is 29.8 Å². The SMILES string of the molecule is CN1/C(=C/c2cc[n+](C)c3ccccc23)Sc2ccccc21.[I-]. The van der Waals surface area contributed by atoms with Gasteiger partial charge in [-0.25, -0.2) is 4.57 Å². The van der Waals surface area contributed by atoms with Crippen molar-refractivity contribution in [3.63, 3.8) is 0 Å². The van der Waals surface area contributed by atoms with Crippen LogP contribution in [0.2, 0.25) is 0 Å². The highest BCUT2D eigenvalue weighted by Gasteiger charge is 2.21. The molecule has 2 heterocycles. The van der Waals surface area contributed by atoms with E-state index >= 15 is 0 Å². The van der Waals surface area contributed by atoms with E-state index in [1.165, 1.54) is 32.1 Å². The van der Waals surface area contributed by atoms with Gasteiger partial charge in [0.05, 0.1) is 16.1 Å². The van der Waals surface area contributed by atoms with E-state index in [2.05, 4.69) is 90.4 Å². The average Bonchev–Trinajstić information content (AvgIpc) is 2.87. The minimum atomic E-state index is 0. The Morgan fingerprint density at radius 3 is 2.57 bits per heavy atom. The van der Waals surface area contributed by atoms with E-state index in [1.54, 1.807) is 0 Å². The van der Waals surface area contributed by atoms with E-state index in [1.807, 2.05) is 11.8 Å². The van der Waals surface area contributed by atoms with Gasteiger partial charge in [0, 0.05) is 24.1 Å². The number of pyridine rings is 1. The number of thioether (sulfide) groups is 1. The molecular formula is C19H17IN2S. The number of aromatic nitrogens is 1. The maximum atomic E-state index is 2.28. The topological polar surface area (TPSA) is 7.12 Å². The fourth-order valence-electron chi connectivity index (χ4n) is 2.89. The van der Waals surface area contributed by atoms with Gasteiger partial charge in [-0.2, -0.15) is 0 Å². The Bertz CT molecular complexity index is 905. The van der Waals surface area contributed by atoms with Crippen LogP contribution in [0.15, 0.2) is 70.7 Å². The smallest absolute Gasteiger partial charge is 0.212 e. The summed E-state index contributed by atoms with van der Waals surface area (Å²) in [6, 6.07) is 19.3. The molecule has 4 rings (SSSR count). The summed E-state index contributed by atoms with van der Waals surface area (Å²) in [5.74, 6) is 0. The Balaban J connectivity index is 0.00000156. The van der Waals surface area contributed by atoms with Crippen LogP contribution in [-0.4, -0.2) is 7.05 Å². The second kappa shape index (κ2) is 6.53. The van der Waals surface area contributed by atoms with E-state index < -0.39 is 0 Å². The number of rotatable bonds is 1. The van der Waals surface area contributed by atoms with Crippen molar-refractivity contribution in [2.24, 2.45) is 7.05 Å². The van der Waals surface area contributed by atoms with E-state index in [0.717, 1.165) is 0 Å². The van der Waals surface area contributed by atoms with Crippen molar-refractivity contribution in [2.45, 2.75) is 4.90 Å². The van der Waals surface area contributed by atoms with E-state index in [-0.39, 0.29) is 24.0 Å². The summed E-state index contributed by atoms with van der Waals surface area (Å²) in [6.45, 7) is 0. The zero-order valence-corrected chi connectivity index (χ0v) is 16.0. The van der Waals surface area contributed by atoms with Gasteiger partial charge in [-0.3, -0.25) is 0 Å². The lowest BCUT2D eigenvalue weighted by molar-refractivity contribution is -0.644. The fraction of sp³-hybridized carbons (Fsp3) is 0.105. The van der Waals surface area contributed by atoms with Gasteiger partial charge in [-0.15, -0.1) is 0 Å². The van der Waals surface area contributed by atoms with Crippen LogP contribution in [0.3, 0.4) is 0 Å². The molecule has 0 spiro atoms. The molecular weight excluding hydrogens is 415 g/mol. The summed E-state index contributed by atoms with van der Waals surface area (Å²) in [7, 11) is 4.22. The van der Waals surface area contributed by atoms with Gasteiger partial charge >= 0.3 is 0 Å². The van der Waals surface area contributed by atoms with E-state index in [9.17, 15) is 0 Å². The summed E-state index contributed by atoms with van der Waals surface area (Å²) in [4.78, 5) is 3.59. The first-order valence-corrected chi connectivity index (χ1v) is 8.15. The Morgan fingerprint density at radius 2 is 1.74 bits per heavy atom. The zero-order chi connectivity index (χ0) is 15.1. The van der Waals surface area contributed by atoms with Crippen LogP contribution in [0.25, 0.3) is 17.0 Å². The second-order valence-electron chi connectivity index (χ2n) is 5.51. The number of nitrogens with zero attached hydrogens (tertiary/aromatic N) is 2. The molecule has 0 amide bonds. The van der Waals surface area contributed by atoms with E-state index in [0.29, 0.717) is 0 Å². The molecule has 0 radical (unpaired) electrons. The molecule has 3 aromatic rings. The lowest BCUT2D eigenvalue weighted by Crippen LogP contribution is -3.00. The quantitative estimate of drug-likeness (QED) is 0.422. The third-order valence-electron chi connectivity index (χ3n) is 4.12. The lowest BCUT2D eigenvalue weighted by Gasteiger charge is -2.13. The molecule has 1 aliphatic heterocycles. The monoisotopic (exact) mass is 432 g/mol. The highest BCUT2D eigenvalue weighted by Crippen LogP contribution is 2.45. The van der Waals surface area contributed by atoms with Crippen LogP contribution in [0, 0.1) is 0 Å². The van der Waals surface area contributed by atoms with Gasteiger partial charge in [0.25, 0.3) is 0 Å². The largest absolute Gasteiger partial charge is 1.00 e. The van der Waals surface area contributed by atoms with Gasteiger partial charge in [0.2, 0.25) is 5.52 Å². The average molecular weight is 432 g/mol. The van der Waals surface area contributed by atoms with Crippen LogP contribution in [0.4, 0.5) is 5.69 Å². The van der Waals surface area contributed by atoms with Gasteiger partial charge in [-0.1, -0.05) is 36.0 Å². The number of benzene rings is 2. The third kappa shape index (κ3) is 2.85. The second-order valence-corrected chi connectivity index (χ2v) is 6.57. The van der Waals surface area contributed by atoms with Gasteiger partial charge in [0.15, 0.2) is 6.20 Å². The normalized spacial score (nSPS) is 14.9. The minimum Gasteiger partial charge on any atom is -1.00 e. The molecule has 0 atom stereocenters. The summed E-state index contributed by atoms with van der Waals surface area (Å²) < 4.78 is 2.16. The molecule has 2 nitrogen and oxygen atoms in total. The standard InChI is InChI=1S/C19H17N2S.HI/c1-20-12-11-14(15-7-3-4-8-16(15)20)13-19-21(2)17-9-5-6-10-18(17)22-19;/h3-13H,1-2H3;1H/q+1;/p-1. The maximum absolute atomic E-state index is 2.28. The first-order valence-electron chi connectivity index (χ1n) is 7.34. The molecule has 0 saturated heterocycles. The molecule has 0 aliphatic carbocycles. The first kappa shape index (κ1) is 16.3. The molecule has 0 N–H and O–H groups in total. The van der Waals surface area contributed by atoms with Crippen molar-refractivity contribution in [1.82, 2.24) is 0 Å². The number of para-hydroxylation sites is 2. The van der Waals surface area contributed by atoms with Crippen LogP contribution in [0.1, 0.15) is 5.56 Å². The molecule has 0 fully saturated rings. The molecule has 4 heteroatoms. The summed E-state index contributed by atoms with van der Waals surface area (Å²) in [5.41, 5.74) is 3.79. The van der Waals surface area contributed by atoms with Crippen molar-refractivity contribution < 1.29 is 28.5 Å².